The molecule has 5 heteroatoms. The summed E-state index contributed by atoms with van der Waals surface area (Å²) in [5, 5.41) is 4.07. The first kappa shape index (κ1) is 13.8. The van der Waals surface area contributed by atoms with Gasteiger partial charge in [0.15, 0.2) is 11.6 Å². The van der Waals surface area contributed by atoms with Crippen LogP contribution in [-0.4, -0.2) is 13.3 Å². The van der Waals surface area contributed by atoms with Crippen LogP contribution < -0.4 is 10.2 Å². The van der Waals surface area contributed by atoms with Crippen molar-refractivity contribution in [1.82, 2.24) is 0 Å². The summed E-state index contributed by atoms with van der Waals surface area (Å²) in [5.74, 6) is -0.169. The molecule has 0 spiro atoms. The van der Waals surface area contributed by atoms with Gasteiger partial charge in [-0.15, -0.1) is 0 Å². The van der Waals surface area contributed by atoms with E-state index in [4.69, 9.17) is 4.74 Å². The van der Waals surface area contributed by atoms with Crippen molar-refractivity contribution >= 4 is 34.5 Å². The molecule has 0 unspecified atom stereocenters. The van der Waals surface area contributed by atoms with Crippen molar-refractivity contribution in [2.75, 3.05) is 12.5 Å². The fourth-order valence-corrected chi connectivity index (χ4v) is 1.97. The molecule has 19 heavy (non-hydrogen) atoms. The summed E-state index contributed by atoms with van der Waals surface area (Å²) in [6.07, 6.45) is 1.53. The fraction of sp³-hybridized carbons (Fsp3) is 0.0714. The Labute approximate surface area is 124 Å². The normalized spacial score (nSPS) is 10.7. The zero-order valence-corrected chi connectivity index (χ0v) is 12.4. The van der Waals surface area contributed by atoms with Gasteiger partial charge in [0.25, 0.3) is 0 Å². The van der Waals surface area contributed by atoms with Gasteiger partial charge in [-0.25, -0.2) is 4.39 Å². The Morgan fingerprint density at radius 2 is 1.95 bits per heavy atom. The van der Waals surface area contributed by atoms with Crippen molar-refractivity contribution in [1.29, 1.82) is 0 Å². The van der Waals surface area contributed by atoms with Gasteiger partial charge in [0.05, 0.1) is 22.6 Å². The van der Waals surface area contributed by atoms with Crippen molar-refractivity contribution in [3.63, 3.8) is 0 Å². The maximum absolute atomic E-state index is 13.8. The number of hydrogen-bond donors (Lipinski definition) is 1. The first-order valence-corrected chi connectivity index (χ1v) is 6.66. The summed E-state index contributed by atoms with van der Waals surface area (Å²) in [4.78, 5) is 0. The van der Waals surface area contributed by atoms with Gasteiger partial charge in [-0.2, -0.15) is 5.10 Å². The molecule has 0 aliphatic rings. The van der Waals surface area contributed by atoms with Crippen LogP contribution in [0.1, 0.15) is 5.56 Å². The van der Waals surface area contributed by atoms with Crippen LogP contribution >= 0.6 is 22.6 Å². The summed E-state index contributed by atoms with van der Waals surface area (Å²) in [5.41, 5.74) is 4.32. The van der Waals surface area contributed by atoms with Crippen LogP contribution in [0.4, 0.5) is 10.1 Å². The number of anilines is 1. The lowest BCUT2D eigenvalue weighted by Gasteiger charge is -2.07. The Bertz CT molecular complexity index is 587. The highest BCUT2D eigenvalue weighted by atomic mass is 127. The number of methoxy groups -OCH3 is 1. The Morgan fingerprint density at radius 1 is 1.21 bits per heavy atom. The SMILES string of the molecule is COc1c(C=NNc2ccccc2)ccc(I)c1F. The minimum Gasteiger partial charge on any atom is -0.493 e. The molecule has 0 radical (unpaired) electrons. The molecule has 2 rings (SSSR count). The zero-order valence-electron chi connectivity index (χ0n) is 10.2. The third kappa shape index (κ3) is 3.44. The quantitative estimate of drug-likeness (QED) is 0.504. The first-order valence-electron chi connectivity index (χ1n) is 5.58. The fourth-order valence-electron chi connectivity index (χ4n) is 1.55. The van der Waals surface area contributed by atoms with Crippen LogP contribution in [0.25, 0.3) is 0 Å². The van der Waals surface area contributed by atoms with Crippen molar-refractivity contribution in [3.8, 4) is 5.75 Å². The number of hydrogen-bond acceptors (Lipinski definition) is 3. The Kier molecular flexibility index (Phi) is 4.73. The van der Waals surface area contributed by atoms with E-state index in [2.05, 4.69) is 10.5 Å². The lowest BCUT2D eigenvalue weighted by Crippen LogP contribution is -1.98. The summed E-state index contributed by atoms with van der Waals surface area (Å²) in [7, 11) is 1.44. The molecular formula is C14H12FIN2O. The van der Waals surface area contributed by atoms with E-state index in [-0.39, 0.29) is 11.6 Å². The molecule has 98 valence electrons. The molecule has 2 aromatic carbocycles. The van der Waals surface area contributed by atoms with Gasteiger partial charge in [0, 0.05) is 5.56 Å². The standard InChI is InChI=1S/C14H12FIN2O/c1-19-14-10(7-8-12(16)13(14)15)9-17-18-11-5-3-2-4-6-11/h2-9,18H,1H3. The second-order valence-corrected chi connectivity index (χ2v) is 4.88. The van der Waals surface area contributed by atoms with Gasteiger partial charge in [0.1, 0.15) is 0 Å². The maximum Gasteiger partial charge on any atom is 0.179 e. The predicted molar refractivity (Wildman–Crippen MR) is 83.3 cm³/mol. The van der Waals surface area contributed by atoms with Crippen LogP contribution in [0.3, 0.4) is 0 Å². The van der Waals surface area contributed by atoms with Crippen LogP contribution in [-0.2, 0) is 0 Å². The highest BCUT2D eigenvalue weighted by Crippen LogP contribution is 2.25. The summed E-state index contributed by atoms with van der Waals surface area (Å²) >= 11 is 1.92. The highest BCUT2D eigenvalue weighted by Gasteiger charge is 2.10. The Hall–Kier alpha value is -1.63. The topological polar surface area (TPSA) is 33.6 Å². The molecule has 0 atom stereocenters. The molecule has 2 aromatic rings. The lowest BCUT2D eigenvalue weighted by atomic mass is 10.2. The number of halogens is 2. The highest BCUT2D eigenvalue weighted by molar-refractivity contribution is 14.1. The predicted octanol–water partition coefficient (Wildman–Crippen LogP) is 3.88. The third-order valence-electron chi connectivity index (χ3n) is 2.46. The number of ether oxygens (including phenoxy) is 1. The molecule has 0 aromatic heterocycles. The molecule has 0 saturated heterocycles. The van der Waals surface area contributed by atoms with E-state index < -0.39 is 0 Å². The van der Waals surface area contributed by atoms with E-state index in [1.54, 1.807) is 12.1 Å². The number of nitrogens with zero attached hydrogens (tertiary/aromatic N) is 1. The summed E-state index contributed by atoms with van der Waals surface area (Å²) in [6, 6.07) is 13.0. The van der Waals surface area contributed by atoms with Crippen LogP contribution in [0.2, 0.25) is 0 Å². The maximum atomic E-state index is 13.8. The molecule has 0 amide bonds. The van der Waals surface area contributed by atoms with E-state index in [0.29, 0.717) is 9.13 Å². The molecule has 0 bridgehead atoms. The molecule has 0 aliphatic heterocycles. The summed E-state index contributed by atoms with van der Waals surface area (Å²) < 4.78 is 19.4. The van der Waals surface area contributed by atoms with Crippen LogP contribution in [0, 0.1) is 9.39 Å². The van der Waals surface area contributed by atoms with Gasteiger partial charge in [-0.3, -0.25) is 5.43 Å². The first-order chi connectivity index (χ1) is 9.22. The van der Waals surface area contributed by atoms with Crippen LogP contribution in [0.5, 0.6) is 5.75 Å². The minimum absolute atomic E-state index is 0.200. The third-order valence-corrected chi connectivity index (χ3v) is 3.29. The second kappa shape index (κ2) is 6.51. The zero-order chi connectivity index (χ0) is 13.7. The molecule has 0 heterocycles. The largest absolute Gasteiger partial charge is 0.493 e. The molecular weight excluding hydrogens is 358 g/mol. The summed E-state index contributed by atoms with van der Waals surface area (Å²) in [6.45, 7) is 0. The Balaban J connectivity index is 2.17. The Morgan fingerprint density at radius 3 is 2.63 bits per heavy atom. The number of benzene rings is 2. The van der Waals surface area contributed by atoms with E-state index in [0.717, 1.165) is 5.69 Å². The van der Waals surface area contributed by atoms with Crippen molar-refractivity contribution < 1.29 is 9.13 Å². The second-order valence-electron chi connectivity index (χ2n) is 3.72. The number of para-hydroxylation sites is 1. The molecule has 0 aliphatic carbocycles. The minimum atomic E-state index is -0.369. The van der Waals surface area contributed by atoms with Gasteiger partial charge >= 0.3 is 0 Å². The van der Waals surface area contributed by atoms with Crippen molar-refractivity contribution in [2.24, 2.45) is 5.10 Å². The number of nitrogens with one attached hydrogen (secondary N) is 1. The van der Waals surface area contributed by atoms with Crippen LogP contribution in [0.15, 0.2) is 47.6 Å². The molecule has 3 nitrogen and oxygen atoms in total. The van der Waals surface area contributed by atoms with E-state index in [1.165, 1.54) is 13.3 Å². The van der Waals surface area contributed by atoms with E-state index in [1.807, 2.05) is 52.9 Å². The number of rotatable bonds is 4. The smallest absolute Gasteiger partial charge is 0.179 e. The van der Waals surface area contributed by atoms with Gasteiger partial charge < -0.3 is 4.74 Å². The monoisotopic (exact) mass is 370 g/mol. The van der Waals surface area contributed by atoms with Gasteiger partial charge in [-0.05, 0) is 46.9 Å². The molecule has 0 fully saturated rings. The van der Waals surface area contributed by atoms with Crippen molar-refractivity contribution in [3.05, 3.63) is 57.4 Å². The van der Waals surface area contributed by atoms with Gasteiger partial charge in [-0.1, -0.05) is 18.2 Å². The van der Waals surface area contributed by atoms with E-state index in [9.17, 15) is 4.39 Å². The number of hydrazone groups is 1. The average molecular weight is 370 g/mol. The average Bonchev–Trinajstić information content (AvgIpc) is 2.44. The van der Waals surface area contributed by atoms with E-state index >= 15 is 0 Å². The lowest BCUT2D eigenvalue weighted by molar-refractivity contribution is 0.384. The molecule has 0 saturated carbocycles. The molecule has 1 N–H and O–H groups in total. The van der Waals surface area contributed by atoms with Gasteiger partial charge in [0.2, 0.25) is 0 Å². The van der Waals surface area contributed by atoms with Crippen molar-refractivity contribution in [2.45, 2.75) is 0 Å².